The van der Waals surface area contributed by atoms with Gasteiger partial charge in [0.25, 0.3) is 0 Å². The predicted molar refractivity (Wildman–Crippen MR) is 90.5 cm³/mol. The zero-order valence-corrected chi connectivity index (χ0v) is 14.5. The van der Waals surface area contributed by atoms with E-state index in [9.17, 15) is 9.59 Å². The van der Waals surface area contributed by atoms with Gasteiger partial charge in [-0.15, -0.1) is 0 Å². The van der Waals surface area contributed by atoms with E-state index in [2.05, 4.69) is 5.32 Å². The largest absolute Gasteiger partial charge is 0.463 e. The van der Waals surface area contributed by atoms with Crippen molar-refractivity contribution in [1.82, 2.24) is 10.2 Å². The molecule has 1 aromatic rings. The van der Waals surface area contributed by atoms with Crippen molar-refractivity contribution in [2.24, 2.45) is 5.92 Å². The van der Waals surface area contributed by atoms with Crippen LogP contribution in [0.1, 0.15) is 32.4 Å². The summed E-state index contributed by atoms with van der Waals surface area (Å²) < 4.78 is 10.7. The lowest BCUT2D eigenvalue weighted by Crippen LogP contribution is -2.49. The minimum absolute atomic E-state index is 0.113. The molecule has 2 rings (SSSR count). The molecule has 1 heterocycles. The van der Waals surface area contributed by atoms with E-state index < -0.39 is 0 Å². The Kier molecular flexibility index (Phi) is 6.61. The number of nitrogens with zero attached hydrogens (tertiary/aromatic N) is 1. The van der Waals surface area contributed by atoms with E-state index in [0.29, 0.717) is 19.8 Å². The quantitative estimate of drug-likeness (QED) is 0.840. The first-order valence-corrected chi connectivity index (χ1v) is 8.36. The number of hydrogen-bond donors (Lipinski definition) is 1. The summed E-state index contributed by atoms with van der Waals surface area (Å²) in [6.45, 7) is 7.13. The van der Waals surface area contributed by atoms with Crippen LogP contribution in [-0.4, -0.2) is 49.3 Å². The Hall–Kier alpha value is -2.08. The zero-order chi connectivity index (χ0) is 17.5. The molecule has 0 aromatic heterocycles. The average Bonchev–Trinajstić information content (AvgIpc) is 2.59. The second kappa shape index (κ2) is 8.68. The highest BCUT2D eigenvalue weighted by Gasteiger charge is 2.29. The van der Waals surface area contributed by atoms with Gasteiger partial charge < -0.3 is 19.7 Å². The van der Waals surface area contributed by atoms with Gasteiger partial charge in [0.05, 0.1) is 31.3 Å². The van der Waals surface area contributed by atoms with Crippen molar-refractivity contribution in [2.45, 2.75) is 32.9 Å². The molecule has 24 heavy (non-hydrogen) atoms. The first-order valence-electron chi connectivity index (χ1n) is 8.36. The molecule has 2 unspecified atom stereocenters. The normalized spacial score (nSPS) is 19.0. The molecule has 1 N–H and O–H groups in total. The third-order valence-corrected chi connectivity index (χ3v) is 3.89. The van der Waals surface area contributed by atoms with Gasteiger partial charge in [-0.25, -0.2) is 4.79 Å². The van der Waals surface area contributed by atoms with E-state index in [1.165, 1.54) is 0 Å². The topological polar surface area (TPSA) is 67.9 Å². The summed E-state index contributed by atoms with van der Waals surface area (Å²) in [6, 6.07) is 9.52. The lowest BCUT2D eigenvalue weighted by molar-refractivity contribution is -0.151. The number of urea groups is 1. The second-order valence-corrected chi connectivity index (χ2v) is 6.27. The van der Waals surface area contributed by atoms with E-state index in [0.717, 1.165) is 5.56 Å². The Balaban J connectivity index is 1.93. The van der Waals surface area contributed by atoms with E-state index in [1.54, 1.807) is 25.7 Å². The number of amides is 2. The smallest absolute Gasteiger partial charge is 0.318 e. The fourth-order valence-corrected chi connectivity index (χ4v) is 2.57. The van der Waals surface area contributed by atoms with Crippen LogP contribution in [0.15, 0.2) is 30.3 Å². The molecule has 0 bridgehead atoms. The average molecular weight is 334 g/mol. The minimum Gasteiger partial charge on any atom is -0.463 e. The summed E-state index contributed by atoms with van der Waals surface area (Å²) in [7, 11) is 0. The lowest BCUT2D eigenvalue weighted by atomic mass is 10.1. The molecule has 132 valence electrons. The molecule has 1 aliphatic rings. The van der Waals surface area contributed by atoms with Gasteiger partial charge in [-0.05, 0) is 19.4 Å². The standard InChI is InChI=1S/C18H26N2O4/c1-13(2)24-17(21)14(3)11-19-18(22)20-9-10-23-12-16(20)15-7-5-4-6-8-15/h4-8,13-14,16H,9-12H2,1-3H3,(H,19,22). The fraction of sp³-hybridized carbons (Fsp3) is 0.556. The van der Waals surface area contributed by atoms with Crippen molar-refractivity contribution in [3.8, 4) is 0 Å². The van der Waals surface area contributed by atoms with Crippen LogP contribution in [0.4, 0.5) is 4.79 Å². The molecule has 0 spiro atoms. The molecule has 2 atom stereocenters. The summed E-state index contributed by atoms with van der Waals surface area (Å²) in [4.78, 5) is 26.1. The molecular formula is C18H26N2O4. The van der Waals surface area contributed by atoms with Crippen molar-refractivity contribution in [1.29, 1.82) is 0 Å². The monoisotopic (exact) mass is 334 g/mol. The van der Waals surface area contributed by atoms with Crippen LogP contribution in [-0.2, 0) is 14.3 Å². The second-order valence-electron chi connectivity index (χ2n) is 6.27. The van der Waals surface area contributed by atoms with Gasteiger partial charge in [0, 0.05) is 13.1 Å². The van der Waals surface area contributed by atoms with Crippen LogP contribution in [0.5, 0.6) is 0 Å². The summed E-state index contributed by atoms with van der Waals surface area (Å²) >= 11 is 0. The van der Waals surface area contributed by atoms with Crippen LogP contribution < -0.4 is 5.32 Å². The third-order valence-electron chi connectivity index (χ3n) is 3.89. The third kappa shape index (κ3) is 4.96. The Bertz CT molecular complexity index is 547. The van der Waals surface area contributed by atoms with Gasteiger partial charge >= 0.3 is 12.0 Å². The first-order chi connectivity index (χ1) is 11.5. The molecule has 6 nitrogen and oxygen atoms in total. The number of rotatable bonds is 5. The van der Waals surface area contributed by atoms with Crippen molar-refractivity contribution in [3.05, 3.63) is 35.9 Å². The Morgan fingerprint density at radius 1 is 1.29 bits per heavy atom. The fourth-order valence-electron chi connectivity index (χ4n) is 2.57. The maximum absolute atomic E-state index is 12.5. The van der Waals surface area contributed by atoms with Gasteiger partial charge in [0.2, 0.25) is 0 Å². The van der Waals surface area contributed by atoms with Gasteiger partial charge in [-0.1, -0.05) is 37.3 Å². The SMILES string of the molecule is CC(C)OC(=O)C(C)CNC(=O)N1CCOCC1c1ccccc1. The Labute approximate surface area is 143 Å². The number of carbonyl (C=O) groups is 2. The minimum atomic E-state index is -0.382. The molecule has 0 aliphatic carbocycles. The van der Waals surface area contributed by atoms with Crippen LogP contribution in [0.2, 0.25) is 0 Å². The molecule has 1 saturated heterocycles. The summed E-state index contributed by atoms with van der Waals surface area (Å²) in [5.74, 6) is -0.681. The van der Waals surface area contributed by atoms with Crippen LogP contribution in [0.3, 0.4) is 0 Å². The van der Waals surface area contributed by atoms with Crippen LogP contribution in [0, 0.1) is 5.92 Å². The van der Waals surface area contributed by atoms with Crippen molar-refractivity contribution < 1.29 is 19.1 Å². The highest BCUT2D eigenvalue weighted by atomic mass is 16.5. The summed E-state index contributed by atoms with van der Waals surface area (Å²) in [6.07, 6.45) is -0.155. The Morgan fingerprint density at radius 3 is 2.67 bits per heavy atom. The molecule has 0 saturated carbocycles. The molecular weight excluding hydrogens is 308 g/mol. The van der Waals surface area contributed by atoms with E-state index in [1.807, 2.05) is 30.3 Å². The van der Waals surface area contributed by atoms with Crippen molar-refractivity contribution in [2.75, 3.05) is 26.3 Å². The highest BCUT2D eigenvalue weighted by Crippen LogP contribution is 2.23. The van der Waals surface area contributed by atoms with Crippen molar-refractivity contribution in [3.63, 3.8) is 0 Å². The summed E-state index contributed by atoms with van der Waals surface area (Å²) in [5, 5.41) is 2.84. The molecule has 1 fully saturated rings. The number of benzene rings is 1. The number of morpholine rings is 1. The summed E-state index contributed by atoms with van der Waals surface area (Å²) in [5.41, 5.74) is 1.04. The molecule has 6 heteroatoms. The predicted octanol–water partition coefficient (Wildman–Crippen LogP) is 2.36. The maximum atomic E-state index is 12.5. The van der Waals surface area contributed by atoms with Gasteiger partial charge in [-0.3, -0.25) is 4.79 Å². The van der Waals surface area contributed by atoms with Crippen LogP contribution >= 0.6 is 0 Å². The highest BCUT2D eigenvalue weighted by molar-refractivity contribution is 5.77. The van der Waals surface area contributed by atoms with E-state index in [4.69, 9.17) is 9.47 Å². The van der Waals surface area contributed by atoms with Gasteiger partial charge in [0.15, 0.2) is 0 Å². The van der Waals surface area contributed by atoms with Crippen molar-refractivity contribution >= 4 is 12.0 Å². The first kappa shape index (κ1) is 18.3. The number of esters is 1. The molecule has 2 amide bonds. The lowest BCUT2D eigenvalue weighted by Gasteiger charge is -2.36. The number of carbonyl (C=O) groups excluding carboxylic acids is 2. The number of nitrogens with one attached hydrogen (secondary N) is 1. The van der Waals surface area contributed by atoms with E-state index >= 15 is 0 Å². The van der Waals surface area contributed by atoms with Gasteiger partial charge in [-0.2, -0.15) is 0 Å². The maximum Gasteiger partial charge on any atom is 0.318 e. The van der Waals surface area contributed by atoms with Gasteiger partial charge in [0.1, 0.15) is 0 Å². The van der Waals surface area contributed by atoms with Crippen LogP contribution in [0.25, 0.3) is 0 Å². The molecule has 1 aromatic carbocycles. The Morgan fingerprint density at radius 2 is 2.00 bits per heavy atom. The van der Waals surface area contributed by atoms with E-state index in [-0.39, 0.29) is 36.6 Å². The number of hydrogen-bond acceptors (Lipinski definition) is 4. The molecule has 0 radical (unpaired) electrons. The zero-order valence-electron chi connectivity index (χ0n) is 14.5. The number of ether oxygens (including phenoxy) is 2. The molecule has 1 aliphatic heterocycles.